The van der Waals surface area contributed by atoms with Gasteiger partial charge in [0, 0.05) is 44.2 Å². The Bertz CT molecular complexity index is 3560. The van der Waals surface area contributed by atoms with Gasteiger partial charge in [-0.25, -0.2) is 0 Å². The Balaban J connectivity index is 1.00. The van der Waals surface area contributed by atoms with Gasteiger partial charge in [0.2, 0.25) is 0 Å². The van der Waals surface area contributed by atoms with Crippen LogP contribution in [0.25, 0.3) is 93.6 Å². The van der Waals surface area contributed by atoms with E-state index in [1.807, 2.05) is 6.07 Å². The quantitative estimate of drug-likeness (QED) is 0.161. The minimum absolute atomic E-state index is 0.889. The Morgan fingerprint density at radius 1 is 0.361 bits per heavy atom. The lowest BCUT2D eigenvalue weighted by molar-refractivity contribution is 0.670. The number of furan rings is 1. The summed E-state index contributed by atoms with van der Waals surface area (Å²) >= 11 is 0. The SMILES string of the molecule is c1ccc(-c2cccc3c2oc2ccc(-c4ccc(N(c5ccc(-c6cccc7ccccc67)cc5)c5cccc6c5c5ccccc5n6-c5ccccc5)cc4)cc23)cc1. The number of benzene rings is 10. The third-order valence-electron chi connectivity index (χ3n) is 12.2. The van der Waals surface area contributed by atoms with E-state index in [-0.39, 0.29) is 0 Å². The standard InChI is InChI=1S/C58H38N2O/c1-3-14-41(15-4-1)49-23-12-24-50-52-38-43(32-37-56(52)61-58(49)50)39-28-33-45(34-29-39)59(46-35-30-42(31-36-46)48-22-11-17-40-16-7-8-20-47(40)48)54-26-13-27-55-57(54)51-21-9-10-25-53(51)60(55)44-18-5-2-6-19-44/h1-38H. The van der Waals surface area contributed by atoms with E-state index < -0.39 is 0 Å². The molecule has 0 radical (unpaired) electrons. The molecule has 12 aromatic rings. The first-order valence-corrected chi connectivity index (χ1v) is 20.8. The fraction of sp³-hybridized carbons (Fsp3) is 0. The molecule has 0 fully saturated rings. The van der Waals surface area contributed by atoms with Gasteiger partial charge in [-0.3, -0.25) is 0 Å². The van der Waals surface area contributed by atoms with Crippen LogP contribution in [0.15, 0.2) is 235 Å². The van der Waals surface area contributed by atoms with E-state index in [9.17, 15) is 0 Å². The molecule has 3 heteroatoms. The molecule has 0 aliphatic heterocycles. The number of para-hydroxylation sites is 3. The Labute approximate surface area is 353 Å². The van der Waals surface area contributed by atoms with Crippen LogP contribution in [0.2, 0.25) is 0 Å². The third-order valence-corrected chi connectivity index (χ3v) is 12.2. The van der Waals surface area contributed by atoms with Gasteiger partial charge in [0.05, 0.1) is 16.7 Å². The second-order valence-corrected chi connectivity index (χ2v) is 15.7. The molecule has 0 saturated heterocycles. The zero-order chi connectivity index (χ0) is 40.3. The summed E-state index contributed by atoms with van der Waals surface area (Å²) < 4.78 is 8.91. The number of nitrogens with zero attached hydrogens (tertiary/aromatic N) is 2. The largest absolute Gasteiger partial charge is 0.455 e. The van der Waals surface area contributed by atoms with Crippen LogP contribution in [0.3, 0.4) is 0 Å². The zero-order valence-corrected chi connectivity index (χ0v) is 33.2. The summed E-state index contributed by atoms with van der Waals surface area (Å²) in [4.78, 5) is 2.42. The van der Waals surface area contributed by atoms with E-state index in [2.05, 4.69) is 234 Å². The molecule has 0 unspecified atom stereocenters. The van der Waals surface area contributed by atoms with Gasteiger partial charge in [0.1, 0.15) is 11.2 Å². The lowest BCUT2D eigenvalue weighted by Crippen LogP contribution is -2.10. The average Bonchev–Trinajstić information content (AvgIpc) is 3.88. The van der Waals surface area contributed by atoms with Crippen molar-refractivity contribution in [2.45, 2.75) is 0 Å². The van der Waals surface area contributed by atoms with Gasteiger partial charge in [-0.05, 0) is 105 Å². The number of hydrogen-bond acceptors (Lipinski definition) is 2. The van der Waals surface area contributed by atoms with Crippen molar-refractivity contribution in [1.29, 1.82) is 0 Å². The molecule has 2 heterocycles. The van der Waals surface area contributed by atoms with Gasteiger partial charge in [0.25, 0.3) is 0 Å². The first kappa shape index (κ1) is 34.9. The van der Waals surface area contributed by atoms with Crippen molar-refractivity contribution >= 4 is 71.6 Å². The van der Waals surface area contributed by atoms with Crippen LogP contribution in [0.5, 0.6) is 0 Å². The Kier molecular flexibility index (Phi) is 8.17. The summed E-state index contributed by atoms with van der Waals surface area (Å²) in [5.74, 6) is 0. The van der Waals surface area contributed by atoms with Crippen LogP contribution >= 0.6 is 0 Å². The van der Waals surface area contributed by atoms with Crippen LogP contribution in [0.1, 0.15) is 0 Å². The van der Waals surface area contributed by atoms with Crippen molar-refractivity contribution in [2.24, 2.45) is 0 Å². The second-order valence-electron chi connectivity index (χ2n) is 15.7. The molecule has 0 amide bonds. The summed E-state index contributed by atoms with van der Waals surface area (Å²) in [6.45, 7) is 0. The Morgan fingerprint density at radius 3 is 1.74 bits per heavy atom. The van der Waals surface area contributed by atoms with Crippen molar-refractivity contribution < 1.29 is 4.42 Å². The van der Waals surface area contributed by atoms with Crippen LogP contribution in [-0.4, -0.2) is 4.57 Å². The molecule has 0 spiro atoms. The highest BCUT2D eigenvalue weighted by Crippen LogP contribution is 2.45. The molecular formula is C58H38N2O. The molecule has 3 nitrogen and oxygen atoms in total. The van der Waals surface area contributed by atoms with Gasteiger partial charge in [-0.15, -0.1) is 0 Å². The van der Waals surface area contributed by atoms with E-state index in [1.54, 1.807) is 0 Å². The fourth-order valence-electron chi connectivity index (χ4n) is 9.36. The van der Waals surface area contributed by atoms with Gasteiger partial charge < -0.3 is 13.9 Å². The van der Waals surface area contributed by atoms with E-state index in [0.717, 1.165) is 72.5 Å². The maximum atomic E-state index is 6.52. The highest BCUT2D eigenvalue weighted by atomic mass is 16.3. The predicted molar refractivity (Wildman–Crippen MR) is 257 cm³/mol. The van der Waals surface area contributed by atoms with Gasteiger partial charge in [0.15, 0.2) is 0 Å². The molecule has 10 aromatic carbocycles. The first-order chi connectivity index (χ1) is 30.3. The number of rotatable bonds is 7. The van der Waals surface area contributed by atoms with Crippen molar-refractivity contribution in [1.82, 2.24) is 4.57 Å². The molecule has 12 rings (SSSR count). The topological polar surface area (TPSA) is 21.3 Å². The molecule has 0 N–H and O–H groups in total. The monoisotopic (exact) mass is 778 g/mol. The first-order valence-electron chi connectivity index (χ1n) is 20.8. The van der Waals surface area contributed by atoms with E-state index >= 15 is 0 Å². The lowest BCUT2D eigenvalue weighted by atomic mass is 9.98. The van der Waals surface area contributed by atoms with Crippen LogP contribution < -0.4 is 4.90 Å². The molecular weight excluding hydrogens is 741 g/mol. The van der Waals surface area contributed by atoms with Crippen LogP contribution in [0, 0.1) is 0 Å². The predicted octanol–water partition coefficient (Wildman–Crippen LogP) is 16.3. The zero-order valence-electron chi connectivity index (χ0n) is 33.2. The van der Waals surface area contributed by atoms with Crippen LogP contribution in [-0.2, 0) is 0 Å². The summed E-state index contributed by atoms with van der Waals surface area (Å²) in [6.07, 6.45) is 0. The molecule has 0 aliphatic rings. The second kappa shape index (κ2) is 14.3. The maximum absolute atomic E-state index is 6.52. The molecule has 286 valence electrons. The maximum Gasteiger partial charge on any atom is 0.143 e. The van der Waals surface area contributed by atoms with Gasteiger partial charge >= 0.3 is 0 Å². The normalized spacial score (nSPS) is 11.6. The third kappa shape index (κ3) is 5.82. The fourth-order valence-corrected chi connectivity index (χ4v) is 9.36. The molecule has 61 heavy (non-hydrogen) atoms. The molecule has 0 bridgehead atoms. The van der Waals surface area contributed by atoms with Crippen LogP contribution in [0.4, 0.5) is 17.1 Å². The average molecular weight is 779 g/mol. The summed E-state index contributed by atoms with van der Waals surface area (Å²) in [7, 11) is 0. The smallest absolute Gasteiger partial charge is 0.143 e. The van der Waals surface area contributed by atoms with Crippen molar-refractivity contribution in [3.05, 3.63) is 231 Å². The molecule has 0 saturated carbocycles. The van der Waals surface area contributed by atoms with Gasteiger partial charge in [-0.2, -0.15) is 0 Å². The highest BCUT2D eigenvalue weighted by molar-refractivity contribution is 6.17. The highest BCUT2D eigenvalue weighted by Gasteiger charge is 2.22. The van der Waals surface area contributed by atoms with Crippen molar-refractivity contribution in [3.63, 3.8) is 0 Å². The summed E-state index contributed by atoms with van der Waals surface area (Å²) in [5.41, 5.74) is 15.5. The number of aromatic nitrogens is 1. The number of anilines is 3. The lowest BCUT2D eigenvalue weighted by Gasteiger charge is -2.27. The Hall–Kier alpha value is -8.14. The van der Waals surface area contributed by atoms with E-state index in [1.165, 1.54) is 38.2 Å². The van der Waals surface area contributed by atoms with Crippen molar-refractivity contribution in [3.8, 4) is 39.1 Å². The summed E-state index contributed by atoms with van der Waals surface area (Å²) in [5, 5.41) is 7.14. The van der Waals surface area contributed by atoms with E-state index in [4.69, 9.17) is 4.42 Å². The molecule has 0 aliphatic carbocycles. The van der Waals surface area contributed by atoms with E-state index in [0.29, 0.717) is 0 Å². The van der Waals surface area contributed by atoms with Gasteiger partial charge in [-0.1, -0.05) is 164 Å². The molecule has 2 aromatic heterocycles. The number of fused-ring (bicyclic) bond motifs is 7. The van der Waals surface area contributed by atoms with Crippen molar-refractivity contribution in [2.75, 3.05) is 4.90 Å². The minimum Gasteiger partial charge on any atom is -0.455 e. The summed E-state index contributed by atoms with van der Waals surface area (Å²) in [6, 6.07) is 82.8. The number of hydrogen-bond donors (Lipinski definition) is 0. The Morgan fingerprint density at radius 2 is 0.934 bits per heavy atom. The minimum atomic E-state index is 0.889. The molecule has 0 atom stereocenters.